The summed E-state index contributed by atoms with van der Waals surface area (Å²) in [6.07, 6.45) is -1.59. The lowest BCUT2D eigenvalue weighted by molar-refractivity contribution is 0.0698. The van der Waals surface area contributed by atoms with Crippen molar-refractivity contribution >= 4 is 43.3 Å². The van der Waals surface area contributed by atoms with Crippen molar-refractivity contribution < 1.29 is 18.0 Å². The molecular weight excluding hydrogens is 503 g/mol. The van der Waals surface area contributed by atoms with E-state index in [-0.39, 0.29) is 6.04 Å². The Morgan fingerprint density at radius 3 is 2.57 bits per heavy atom. The molecule has 0 spiro atoms. The normalized spacial score (nSPS) is 15.0. The lowest BCUT2D eigenvalue weighted by Crippen LogP contribution is -2.41. The Morgan fingerprint density at radius 2 is 2.00 bits per heavy atom. The van der Waals surface area contributed by atoms with E-state index in [4.69, 9.17) is 0 Å². The van der Waals surface area contributed by atoms with E-state index in [1.54, 1.807) is 6.92 Å². The predicted molar refractivity (Wildman–Crippen MR) is 108 cm³/mol. The molecule has 0 aliphatic heterocycles. The van der Waals surface area contributed by atoms with Crippen molar-refractivity contribution in [2.75, 3.05) is 0 Å². The number of carbonyl (C=O) groups excluding carboxylic acids is 1. The zero-order chi connectivity index (χ0) is 20.7. The fourth-order valence-electron chi connectivity index (χ4n) is 3.15. The van der Waals surface area contributed by atoms with Crippen LogP contribution in [-0.4, -0.2) is 32.7 Å². The maximum absolute atomic E-state index is 14.5. The number of nitrogens with zero attached hydrogens (tertiary/aromatic N) is 3. The summed E-state index contributed by atoms with van der Waals surface area (Å²) in [5.74, 6) is -1.85. The summed E-state index contributed by atoms with van der Waals surface area (Å²) >= 11 is 6.88. The van der Waals surface area contributed by atoms with E-state index in [0.717, 1.165) is 27.4 Å². The van der Waals surface area contributed by atoms with Gasteiger partial charge in [0.2, 0.25) is 5.95 Å². The van der Waals surface area contributed by atoms with Gasteiger partial charge in [0, 0.05) is 22.0 Å². The van der Waals surface area contributed by atoms with E-state index in [0.29, 0.717) is 10.3 Å². The van der Waals surface area contributed by atoms with E-state index in [1.165, 1.54) is 11.9 Å². The molecule has 3 rings (SSSR count). The van der Waals surface area contributed by atoms with E-state index >= 15 is 0 Å². The highest BCUT2D eigenvalue weighted by molar-refractivity contribution is 9.11. The Bertz CT molecular complexity index is 941. The third-order valence-corrected chi connectivity index (χ3v) is 5.98. The number of amides is 1. The first-order valence-electron chi connectivity index (χ1n) is 8.60. The Hall–Kier alpha value is -1.61. The van der Waals surface area contributed by atoms with E-state index in [2.05, 4.69) is 43.5 Å². The molecule has 1 atom stereocenters. The number of alkyl halides is 2. The SMILES string of the molecule is C=C(c1cc(Br)ccc1Br)C(C)N(C(=O)c1c(C(F)F)nn(C)c1F)C1CC1. The van der Waals surface area contributed by atoms with Crippen LogP contribution >= 0.6 is 31.9 Å². The van der Waals surface area contributed by atoms with Crippen LogP contribution in [-0.2, 0) is 7.05 Å². The van der Waals surface area contributed by atoms with Crippen LogP contribution in [0.2, 0.25) is 0 Å². The standard InChI is InChI=1S/C19H18Br2F3N3O/c1-9(13-8-11(20)4-7-14(13)21)10(2)27(12-5-6-12)19(28)15-16(17(22)23)25-26(3)18(15)24/h4,7-8,10,12,17H,1,5-6H2,2-3H3. The lowest BCUT2D eigenvalue weighted by atomic mass is 9.99. The molecule has 1 amide bonds. The molecule has 2 aromatic rings. The molecular formula is C19H18Br2F3N3O. The first-order chi connectivity index (χ1) is 13.1. The molecule has 0 bridgehead atoms. The van der Waals surface area contributed by atoms with Crippen molar-refractivity contribution in [1.29, 1.82) is 0 Å². The first kappa shape index (κ1) is 21.1. The highest BCUT2D eigenvalue weighted by Crippen LogP contribution is 2.37. The van der Waals surface area contributed by atoms with Crippen LogP contribution in [0.3, 0.4) is 0 Å². The van der Waals surface area contributed by atoms with Crippen molar-refractivity contribution in [1.82, 2.24) is 14.7 Å². The predicted octanol–water partition coefficient (Wildman–Crippen LogP) is 5.73. The highest BCUT2D eigenvalue weighted by atomic mass is 79.9. The van der Waals surface area contributed by atoms with Crippen molar-refractivity contribution in [3.05, 3.63) is 56.5 Å². The summed E-state index contributed by atoms with van der Waals surface area (Å²) in [4.78, 5) is 14.6. The number of aryl methyl sites for hydroxylation is 1. The molecule has 0 radical (unpaired) electrons. The summed E-state index contributed by atoms with van der Waals surface area (Å²) in [6, 6.07) is 4.89. The van der Waals surface area contributed by atoms with Crippen molar-refractivity contribution in [3.63, 3.8) is 0 Å². The van der Waals surface area contributed by atoms with Gasteiger partial charge in [-0.2, -0.15) is 9.49 Å². The molecule has 1 aromatic heterocycles. The van der Waals surface area contributed by atoms with E-state index < -0.39 is 35.6 Å². The Balaban J connectivity index is 2.00. The molecule has 1 saturated carbocycles. The highest BCUT2D eigenvalue weighted by Gasteiger charge is 2.41. The Labute approximate surface area is 177 Å². The molecule has 28 heavy (non-hydrogen) atoms. The molecule has 1 heterocycles. The second-order valence-electron chi connectivity index (χ2n) is 6.74. The van der Waals surface area contributed by atoms with Crippen LogP contribution in [0.15, 0.2) is 33.7 Å². The minimum Gasteiger partial charge on any atom is -0.329 e. The van der Waals surface area contributed by atoms with Gasteiger partial charge in [0.05, 0.1) is 6.04 Å². The molecule has 150 valence electrons. The fourth-order valence-corrected chi connectivity index (χ4v) is 4.01. The molecule has 1 fully saturated rings. The third-order valence-electron chi connectivity index (χ3n) is 4.80. The van der Waals surface area contributed by atoms with Crippen molar-refractivity contribution in [2.24, 2.45) is 7.05 Å². The van der Waals surface area contributed by atoms with Gasteiger partial charge < -0.3 is 4.90 Å². The zero-order valence-corrected chi connectivity index (χ0v) is 18.4. The molecule has 1 aromatic carbocycles. The van der Waals surface area contributed by atoms with Crippen LogP contribution < -0.4 is 0 Å². The third kappa shape index (κ3) is 3.91. The van der Waals surface area contributed by atoms with Crippen LogP contribution in [0.1, 0.15) is 47.8 Å². The van der Waals surface area contributed by atoms with Crippen LogP contribution in [0.4, 0.5) is 13.2 Å². The fraction of sp³-hybridized carbons (Fsp3) is 0.368. The number of rotatable bonds is 6. The minimum absolute atomic E-state index is 0.143. The van der Waals surface area contributed by atoms with Crippen LogP contribution in [0.25, 0.3) is 5.57 Å². The smallest absolute Gasteiger partial charge is 0.283 e. The van der Waals surface area contributed by atoms with Crippen LogP contribution in [0.5, 0.6) is 0 Å². The van der Waals surface area contributed by atoms with Gasteiger partial charge >= 0.3 is 0 Å². The number of carbonyl (C=O) groups is 1. The summed E-state index contributed by atoms with van der Waals surface area (Å²) in [7, 11) is 1.19. The van der Waals surface area contributed by atoms with Gasteiger partial charge in [-0.05, 0) is 49.1 Å². The average molecular weight is 521 g/mol. The van der Waals surface area contributed by atoms with Gasteiger partial charge in [-0.3, -0.25) is 4.79 Å². The Kier molecular flexibility index (Phi) is 6.05. The number of aromatic nitrogens is 2. The van der Waals surface area contributed by atoms with Crippen molar-refractivity contribution in [2.45, 2.75) is 38.3 Å². The second-order valence-corrected chi connectivity index (χ2v) is 8.51. The molecule has 0 saturated heterocycles. The number of hydrogen-bond donors (Lipinski definition) is 0. The molecule has 4 nitrogen and oxygen atoms in total. The molecule has 9 heteroatoms. The lowest BCUT2D eigenvalue weighted by Gasteiger charge is -2.31. The van der Waals surface area contributed by atoms with E-state index in [1.807, 2.05) is 18.2 Å². The van der Waals surface area contributed by atoms with Gasteiger partial charge in [0.15, 0.2) is 0 Å². The largest absolute Gasteiger partial charge is 0.329 e. The summed E-state index contributed by atoms with van der Waals surface area (Å²) in [5, 5.41) is 3.49. The van der Waals surface area contributed by atoms with Crippen molar-refractivity contribution in [3.8, 4) is 0 Å². The average Bonchev–Trinajstić information content (AvgIpc) is 3.42. The van der Waals surface area contributed by atoms with Gasteiger partial charge in [-0.25, -0.2) is 13.5 Å². The molecule has 1 aliphatic rings. The number of benzene rings is 1. The molecule has 1 aliphatic carbocycles. The second kappa shape index (κ2) is 8.02. The van der Waals surface area contributed by atoms with Gasteiger partial charge in [-0.15, -0.1) is 0 Å². The monoisotopic (exact) mass is 519 g/mol. The Morgan fingerprint density at radius 1 is 1.36 bits per heavy atom. The van der Waals surface area contributed by atoms with Gasteiger partial charge in [0.25, 0.3) is 12.3 Å². The number of hydrogen-bond acceptors (Lipinski definition) is 2. The first-order valence-corrected chi connectivity index (χ1v) is 10.2. The summed E-state index contributed by atoms with van der Waals surface area (Å²) in [5.41, 5.74) is -0.105. The topological polar surface area (TPSA) is 38.1 Å². The summed E-state index contributed by atoms with van der Waals surface area (Å²) < 4.78 is 43.4. The maximum atomic E-state index is 14.5. The molecule has 0 N–H and O–H groups in total. The van der Waals surface area contributed by atoms with E-state index in [9.17, 15) is 18.0 Å². The van der Waals surface area contributed by atoms with Crippen LogP contribution in [0, 0.1) is 5.95 Å². The van der Waals surface area contributed by atoms with Gasteiger partial charge in [0.1, 0.15) is 11.3 Å². The van der Waals surface area contributed by atoms with Gasteiger partial charge in [-0.1, -0.05) is 38.4 Å². The number of halogens is 5. The zero-order valence-electron chi connectivity index (χ0n) is 15.2. The maximum Gasteiger partial charge on any atom is 0.283 e. The quantitative estimate of drug-likeness (QED) is 0.488. The minimum atomic E-state index is -3.05. The summed E-state index contributed by atoms with van der Waals surface area (Å²) in [6.45, 7) is 5.88. The molecule has 1 unspecified atom stereocenters.